The van der Waals surface area contributed by atoms with Crippen LogP contribution in [0.1, 0.15) is 31.9 Å². The van der Waals surface area contributed by atoms with Gasteiger partial charge in [-0.15, -0.1) is 0 Å². The summed E-state index contributed by atoms with van der Waals surface area (Å²) in [5.41, 5.74) is 0.822. The van der Waals surface area contributed by atoms with E-state index in [-0.39, 0.29) is 30.2 Å². The fourth-order valence-electron chi connectivity index (χ4n) is 1.67. The normalized spacial score (nSPS) is 14.7. The summed E-state index contributed by atoms with van der Waals surface area (Å²) < 4.78 is 0. The summed E-state index contributed by atoms with van der Waals surface area (Å²) in [6, 6.07) is 4.73. The van der Waals surface area contributed by atoms with Gasteiger partial charge in [0.15, 0.2) is 0 Å². The van der Waals surface area contributed by atoms with E-state index in [9.17, 15) is 10.2 Å². The van der Waals surface area contributed by atoms with Crippen molar-refractivity contribution in [2.45, 2.75) is 32.4 Å². The highest BCUT2D eigenvalue weighted by Crippen LogP contribution is 2.24. The zero-order chi connectivity index (χ0) is 12.1. The topological polar surface area (TPSA) is 72.7 Å². The predicted octanol–water partition coefficient (Wildman–Crippen LogP) is 1.52. The Morgan fingerprint density at radius 3 is 2.19 bits per heavy atom. The van der Waals surface area contributed by atoms with E-state index >= 15 is 0 Å². The maximum atomic E-state index is 9.35. The number of nitrogens with one attached hydrogen (secondary N) is 1. The second kappa shape index (κ2) is 5.72. The summed E-state index contributed by atoms with van der Waals surface area (Å²) in [6.45, 7) is 4.07. The van der Waals surface area contributed by atoms with Gasteiger partial charge in [-0.25, -0.2) is 0 Å². The van der Waals surface area contributed by atoms with Crippen LogP contribution in [0.4, 0.5) is 0 Å². The molecule has 0 saturated heterocycles. The van der Waals surface area contributed by atoms with E-state index in [1.165, 1.54) is 6.07 Å². The summed E-state index contributed by atoms with van der Waals surface area (Å²) in [4.78, 5) is 0. The first-order chi connectivity index (χ1) is 7.52. The van der Waals surface area contributed by atoms with Gasteiger partial charge in [-0.2, -0.15) is 0 Å². The van der Waals surface area contributed by atoms with E-state index < -0.39 is 0 Å². The van der Waals surface area contributed by atoms with E-state index in [4.69, 9.17) is 5.11 Å². The first-order valence-corrected chi connectivity index (χ1v) is 5.42. The Balaban J connectivity index is 2.68. The van der Waals surface area contributed by atoms with Gasteiger partial charge in [-0.1, -0.05) is 0 Å². The number of aliphatic hydroxyl groups is 1. The van der Waals surface area contributed by atoms with Crippen LogP contribution in [0.3, 0.4) is 0 Å². The van der Waals surface area contributed by atoms with Gasteiger partial charge in [0.25, 0.3) is 0 Å². The van der Waals surface area contributed by atoms with Gasteiger partial charge in [0.2, 0.25) is 0 Å². The fourth-order valence-corrected chi connectivity index (χ4v) is 1.67. The molecule has 0 aliphatic carbocycles. The molecule has 4 heteroatoms. The van der Waals surface area contributed by atoms with Crippen molar-refractivity contribution in [1.29, 1.82) is 0 Å². The Bertz CT molecular complexity index is 321. The number of aliphatic hydroxyl groups excluding tert-OH is 1. The summed E-state index contributed by atoms with van der Waals surface area (Å²) in [5, 5.41) is 30.8. The molecule has 1 aromatic carbocycles. The van der Waals surface area contributed by atoms with E-state index in [0.717, 1.165) is 5.56 Å². The Labute approximate surface area is 95.6 Å². The number of hydrogen-bond acceptors (Lipinski definition) is 4. The molecule has 0 saturated carbocycles. The minimum Gasteiger partial charge on any atom is -0.508 e. The Morgan fingerprint density at radius 1 is 1.12 bits per heavy atom. The second-order valence-electron chi connectivity index (χ2n) is 4.08. The summed E-state index contributed by atoms with van der Waals surface area (Å²) in [7, 11) is 0. The lowest BCUT2D eigenvalue weighted by Crippen LogP contribution is -2.29. The molecule has 1 rings (SSSR count). The molecule has 0 bridgehead atoms. The highest BCUT2D eigenvalue weighted by Gasteiger charge is 2.10. The highest BCUT2D eigenvalue weighted by atomic mass is 16.3. The lowest BCUT2D eigenvalue weighted by Gasteiger charge is -2.20. The van der Waals surface area contributed by atoms with Gasteiger partial charge in [-0.05, 0) is 38.0 Å². The molecule has 90 valence electrons. The standard InChI is InChI=1S/C12H19NO3/c1-8(3-4-14)13-9(2)10-5-11(15)7-12(16)6-10/h5-9,13-16H,3-4H2,1-2H3. The van der Waals surface area contributed by atoms with Crippen molar-refractivity contribution in [3.05, 3.63) is 23.8 Å². The van der Waals surface area contributed by atoms with Crippen LogP contribution in [0.5, 0.6) is 11.5 Å². The molecule has 2 unspecified atom stereocenters. The first-order valence-electron chi connectivity index (χ1n) is 5.42. The molecule has 0 heterocycles. The SMILES string of the molecule is CC(CCO)NC(C)c1cc(O)cc(O)c1. The van der Waals surface area contributed by atoms with Crippen molar-refractivity contribution in [2.75, 3.05) is 6.61 Å². The van der Waals surface area contributed by atoms with Crippen LogP contribution in [0.15, 0.2) is 18.2 Å². The average Bonchev–Trinajstić information content (AvgIpc) is 2.16. The molecule has 0 spiro atoms. The van der Waals surface area contributed by atoms with E-state index in [0.29, 0.717) is 6.42 Å². The van der Waals surface area contributed by atoms with E-state index in [1.807, 2.05) is 13.8 Å². The molecule has 4 N–H and O–H groups in total. The van der Waals surface area contributed by atoms with Crippen molar-refractivity contribution < 1.29 is 15.3 Å². The van der Waals surface area contributed by atoms with Crippen molar-refractivity contribution in [1.82, 2.24) is 5.32 Å². The average molecular weight is 225 g/mol. The summed E-state index contributed by atoms with van der Waals surface area (Å²) in [5.74, 6) is 0.108. The zero-order valence-corrected chi connectivity index (χ0v) is 9.64. The smallest absolute Gasteiger partial charge is 0.119 e. The summed E-state index contributed by atoms with van der Waals surface area (Å²) in [6.07, 6.45) is 0.676. The molecule has 0 amide bonds. The van der Waals surface area contributed by atoms with Crippen molar-refractivity contribution in [3.8, 4) is 11.5 Å². The van der Waals surface area contributed by atoms with Crippen LogP contribution in [0, 0.1) is 0 Å². The lowest BCUT2D eigenvalue weighted by molar-refractivity contribution is 0.264. The molecule has 4 nitrogen and oxygen atoms in total. The van der Waals surface area contributed by atoms with Gasteiger partial charge >= 0.3 is 0 Å². The Kier molecular flexibility index (Phi) is 4.58. The van der Waals surface area contributed by atoms with Crippen molar-refractivity contribution >= 4 is 0 Å². The van der Waals surface area contributed by atoms with Crippen LogP contribution >= 0.6 is 0 Å². The Morgan fingerprint density at radius 2 is 1.69 bits per heavy atom. The second-order valence-corrected chi connectivity index (χ2v) is 4.08. The van der Waals surface area contributed by atoms with Crippen LogP contribution in [-0.4, -0.2) is 28.0 Å². The summed E-state index contributed by atoms with van der Waals surface area (Å²) >= 11 is 0. The number of rotatable bonds is 5. The van der Waals surface area contributed by atoms with Crippen LogP contribution in [0.2, 0.25) is 0 Å². The molecular formula is C12H19NO3. The monoisotopic (exact) mass is 225 g/mol. The minimum absolute atomic E-state index is 0.0135. The largest absolute Gasteiger partial charge is 0.508 e. The van der Waals surface area contributed by atoms with Gasteiger partial charge in [0.05, 0.1) is 0 Å². The van der Waals surface area contributed by atoms with Gasteiger partial charge in [-0.3, -0.25) is 0 Å². The fraction of sp³-hybridized carbons (Fsp3) is 0.500. The van der Waals surface area contributed by atoms with Gasteiger partial charge in [0.1, 0.15) is 11.5 Å². The third-order valence-corrected chi connectivity index (χ3v) is 2.52. The molecule has 1 aromatic rings. The van der Waals surface area contributed by atoms with Gasteiger partial charge < -0.3 is 20.6 Å². The first kappa shape index (κ1) is 12.8. The maximum absolute atomic E-state index is 9.35. The minimum atomic E-state index is 0.0135. The third-order valence-electron chi connectivity index (χ3n) is 2.52. The van der Waals surface area contributed by atoms with E-state index in [2.05, 4.69) is 5.32 Å². The number of benzene rings is 1. The molecule has 0 fully saturated rings. The quantitative estimate of drug-likeness (QED) is 0.613. The van der Waals surface area contributed by atoms with Crippen molar-refractivity contribution in [3.63, 3.8) is 0 Å². The molecule has 16 heavy (non-hydrogen) atoms. The molecule has 0 radical (unpaired) electrons. The molecule has 0 aliphatic heterocycles. The number of phenolic OH excluding ortho intramolecular Hbond substituents is 2. The number of phenols is 2. The van der Waals surface area contributed by atoms with Crippen molar-refractivity contribution in [2.24, 2.45) is 0 Å². The molecule has 0 aliphatic rings. The maximum Gasteiger partial charge on any atom is 0.119 e. The predicted molar refractivity (Wildman–Crippen MR) is 62.5 cm³/mol. The number of aromatic hydroxyl groups is 2. The number of hydrogen-bond donors (Lipinski definition) is 4. The van der Waals surface area contributed by atoms with Crippen LogP contribution < -0.4 is 5.32 Å². The highest BCUT2D eigenvalue weighted by molar-refractivity contribution is 5.37. The third kappa shape index (κ3) is 3.72. The van der Waals surface area contributed by atoms with Crippen LogP contribution in [-0.2, 0) is 0 Å². The van der Waals surface area contributed by atoms with E-state index in [1.54, 1.807) is 12.1 Å². The zero-order valence-electron chi connectivity index (χ0n) is 9.64. The molecule has 0 aromatic heterocycles. The van der Waals surface area contributed by atoms with Crippen LogP contribution in [0.25, 0.3) is 0 Å². The molecule has 2 atom stereocenters. The lowest BCUT2D eigenvalue weighted by atomic mass is 10.1. The van der Waals surface area contributed by atoms with Gasteiger partial charge in [0, 0.05) is 24.8 Å². The molecular weight excluding hydrogens is 206 g/mol. The Hall–Kier alpha value is -1.26.